The first kappa shape index (κ1) is 42.3. The smallest absolute Gasteiger partial charge is 0.268 e. The third-order valence-corrected chi connectivity index (χ3v) is 11.6. The van der Waals surface area contributed by atoms with E-state index in [0.29, 0.717) is 6.07 Å². The Bertz CT molecular complexity index is 2640. The molecule has 0 spiro atoms. The molecule has 3 N–H and O–H groups in total. The number of halogens is 8. The van der Waals surface area contributed by atoms with Gasteiger partial charge in [0, 0.05) is 25.3 Å². The molecular weight excluding hydrogens is 833 g/mol. The fourth-order valence-corrected chi connectivity index (χ4v) is 8.62. The predicted molar refractivity (Wildman–Crippen MR) is 206 cm³/mol. The summed E-state index contributed by atoms with van der Waals surface area (Å²) in [5, 5.41) is 3.98. The molecule has 2 aliphatic rings. The highest BCUT2D eigenvalue weighted by Crippen LogP contribution is 2.46. The van der Waals surface area contributed by atoms with Crippen LogP contribution in [0.25, 0.3) is 27.6 Å². The molecule has 7 rings (SSSR count). The van der Waals surface area contributed by atoms with Gasteiger partial charge >= 0.3 is 0 Å². The highest BCUT2D eigenvalue weighted by molar-refractivity contribution is 7.92. The zero-order valence-corrected chi connectivity index (χ0v) is 33.3. The lowest BCUT2D eigenvalue weighted by atomic mass is 9.81. The SMILES string of the molecule is Cc1cc(C2(F)CCC(F)(F)CC2)nc2nc([C@@H](N)Cc3cc(F)cc(F)c3)n(-c3ccc(Cl)c4c(NS(C)(=O)=O)nn([C@H](C)C(=O)N5C[C@H](F)C[C@H](F)C5)c34)c(=O)c12. The summed E-state index contributed by atoms with van der Waals surface area (Å²) in [5.41, 5.74) is 2.88. The zero-order valence-electron chi connectivity index (χ0n) is 31.8. The maximum absolute atomic E-state index is 16.4. The van der Waals surface area contributed by atoms with Crippen LogP contribution in [0.4, 0.5) is 36.6 Å². The molecule has 1 aliphatic heterocycles. The van der Waals surface area contributed by atoms with E-state index >= 15 is 4.39 Å². The molecule has 5 aromatic rings. The molecule has 4 atom stereocenters. The maximum Gasteiger partial charge on any atom is 0.268 e. The summed E-state index contributed by atoms with van der Waals surface area (Å²) in [5.74, 6) is -6.43. The molecule has 4 heterocycles. The van der Waals surface area contributed by atoms with Crippen molar-refractivity contribution in [3.8, 4) is 5.69 Å². The van der Waals surface area contributed by atoms with Crippen LogP contribution in [0.2, 0.25) is 5.02 Å². The number of alkyl halides is 5. The predicted octanol–water partition coefficient (Wildman–Crippen LogP) is 6.83. The van der Waals surface area contributed by atoms with E-state index in [0.717, 1.165) is 32.5 Å². The Labute approximate surface area is 337 Å². The molecule has 1 saturated heterocycles. The van der Waals surface area contributed by atoms with Crippen molar-refractivity contribution in [1.29, 1.82) is 0 Å². The molecule has 0 bridgehead atoms. The molecule has 0 radical (unpaired) electrons. The van der Waals surface area contributed by atoms with Gasteiger partial charge in [-0.15, -0.1) is 0 Å². The van der Waals surface area contributed by atoms with Gasteiger partial charge in [0.2, 0.25) is 21.9 Å². The highest BCUT2D eigenvalue weighted by atomic mass is 35.5. The van der Waals surface area contributed by atoms with Gasteiger partial charge in [-0.05, 0) is 74.6 Å². The summed E-state index contributed by atoms with van der Waals surface area (Å²) >= 11 is 6.68. The summed E-state index contributed by atoms with van der Waals surface area (Å²) in [6.07, 6.45) is -5.86. The first-order valence-corrected chi connectivity index (χ1v) is 20.8. The van der Waals surface area contributed by atoms with Gasteiger partial charge in [-0.25, -0.2) is 53.8 Å². The highest BCUT2D eigenvalue weighted by Gasteiger charge is 2.46. The number of carbonyl (C=O) groups excluding carboxylic acids is 1. The molecule has 3 aromatic heterocycles. The van der Waals surface area contributed by atoms with Crippen LogP contribution in [0.5, 0.6) is 0 Å². The Balaban J connectivity index is 1.50. The number of benzene rings is 2. The molecule has 1 aliphatic carbocycles. The number of sulfonamides is 1. The van der Waals surface area contributed by atoms with Crippen LogP contribution in [0.3, 0.4) is 0 Å². The van der Waals surface area contributed by atoms with Crippen LogP contribution in [0, 0.1) is 18.6 Å². The molecule has 0 unspecified atom stereocenters. The van der Waals surface area contributed by atoms with Crippen molar-refractivity contribution in [3.63, 3.8) is 0 Å². The minimum absolute atomic E-state index is 0.0450. The second kappa shape index (κ2) is 15.3. The summed E-state index contributed by atoms with van der Waals surface area (Å²) in [4.78, 5) is 38.8. The number of nitrogens with zero attached hydrogens (tertiary/aromatic N) is 6. The monoisotopic (exact) mass is 870 g/mol. The number of hydrogen-bond acceptors (Lipinski definition) is 8. The molecular formula is C38H38ClF7N8O4S. The van der Waals surface area contributed by atoms with Gasteiger partial charge < -0.3 is 10.6 Å². The van der Waals surface area contributed by atoms with E-state index in [9.17, 15) is 44.3 Å². The quantitative estimate of drug-likeness (QED) is 0.153. The average Bonchev–Trinajstić information content (AvgIpc) is 3.50. The number of anilines is 1. The second-order valence-electron chi connectivity index (χ2n) is 15.4. The van der Waals surface area contributed by atoms with Crippen LogP contribution in [-0.4, -0.2) is 81.2 Å². The second-order valence-corrected chi connectivity index (χ2v) is 17.5. The number of amides is 1. The van der Waals surface area contributed by atoms with Gasteiger partial charge in [0.15, 0.2) is 17.1 Å². The summed E-state index contributed by atoms with van der Waals surface area (Å²) in [6.45, 7) is 1.93. The Morgan fingerprint density at radius 2 is 1.63 bits per heavy atom. The molecule has 2 fully saturated rings. The van der Waals surface area contributed by atoms with Gasteiger partial charge in [-0.1, -0.05) is 11.6 Å². The number of aromatic nitrogens is 5. The standard InChI is InChI=1S/C38H38ClF7N8O4S/c1-18-10-28(37(44)6-8-38(45,46)9-7-37)48-32-29(18)36(56)53(34(49-32)26(47)13-20-11-21(40)14-22(41)12-20)27-5-4-25(39)30-31(27)54(50-33(30)51-59(3,57)58)19(2)35(55)52-16-23(42)15-24(43)17-52/h4-5,10-12,14,19,23-24,26H,6-9,13,15-17,47H2,1-3H3,(H,50,51)/t19-,23-,24+,26+/m1/s1. The van der Waals surface area contributed by atoms with E-state index in [4.69, 9.17) is 17.3 Å². The molecule has 59 heavy (non-hydrogen) atoms. The van der Waals surface area contributed by atoms with Gasteiger partial charge in [-0.2, -0.15) is 5.10 Å². The fraction of sp³-hybridized carbons (Fsp3) is 0.447. The van der Waals surface area contributed by atoms with Crippen molar-refractivity contribution in [2.45, 2.75) is 88.4 Å². The van der Waals surface area contributed by atoms with Gasteiger partial charge in [0.25, 0.3) is 5.56 Å². The first-order chi connectivity index (χ1) is 27.5. The molecule has 1 amide bonds. The van der Waals surface area contributed by atoms with Crippen molar-refractivity contribution in [2.75, 3.05) is 24.1 Å². The van der Waals surface area contributed by atoms with Crippen molar-refractivity contribution in [3.05, 3.63) is 86.1 Å². The lowest BCUT2D eigenvalue weighted by molar-refractivity contribution is -0.138. The van der Waals surface area contributed by atoms with Crippen molar-refractivity contribution < 1.29 is 43.9 Å². The Morgan fingerprint density at radius 1 is 1.00 bits per heavy atom. The zero-order chi connectivity index (χ0) is 42.9. The molecule has 2 aromatic carbocycles. The number of nitrogens with two attached hydrogens (primary N) is 1. The van der Waals surface area contributed by atoms with Crippen LogP contribution in [-0.2, 0) is 26.9 Å². The Hall–Kier alpha value is -4.82. The molecule has 12 nitrogen and oxygen atoms in total. The number of likely N-dealkylation sites (tertiary alicyclic amines) is 1. The summed E-state index contributed by atoms with van der Waals surface area (Å²) in [6, 6.07) is 3.74. The summed E-state index contributed by atoms with van der Waals surface area (Å²) < 4.78 is 132. The number of nitrogens with one attached hydrogen (secondary N) is 1. The normalized spacial score (nSPS) is 20.5. The van der Waals surface area contributed by atoms with Crippen LogP contribution in [0.15, 0.2) is 41.2 Å². The van der Waals surface area contributed by atoms with Crippen molar-refractivity contribution in [1.82, 2.24) is 29.2 Å². The topological polar surface area (TPSA) is 158 Å². The molecule has 21 heteroatoms. The molecule has 316 valence electrons. The van der Waals surface area contributed by atoms with Crippen molar-refractivity contribution >= 4 is 55.3 Å². The number of carbonyl (C=O) groups is 1. The number of rotatable bonds is 9. The van der Waals surface area contributed by atoms with E-state index in [-0.39, 0.29) is 67.5 Å². The fourth-order valence-electron chi connectivity index (χ4n) is 7.89. The maximum atomic E-state index is 16.4. The van der Waals surface area contributed by atoms with Crippen molar-refractivity contribution in [2.24, 2.45) is 5.73 Å². The minimum Gasteiger partial charge on any atom is -0.335 e. The lowest BCUT2D eigenvalue weighted by Gasteiger charge is -2.33. The average molecular weight is 871 g/mol. The van der Waals surface area contributed by atoms with Crippen LogP contribution >= 0.6 is 11.6 Å². The van der Waals surface area contributed by atoms with Gasteiger partial charge in [0.1, 0.15) is 35.8 Å². The first-order valence-electron chi connectivity index (χ1n) is 18.5. The number of aryl methyl sites for hydroxylation is 1. The van der Waals surface area contributed by atoms with E-state index in [1.165, 1.54) is 32.0 Å². The van der Waals surface area contributed by atoms with E-state index in [1.807, 2.05) is 0 Å². The van der Waals surface area contributed by atoms with Gasteiger partial charge in [0.05, 0.1) is 58.1 Å². The third kappa shape index (κ3) is 8.35. The Morgan fingerprint density at radius 3 is 2.24 bits per heavy atom. The Kier molecular flexibility index (Phi) is 11.0. The van der Waals surface area contributed by atoms with Crippen LogP contribution in [0.1, 0.15) is 73.8 Å². The number of pyridine rings is 1. The lowest BCUT2D eigenvalue weighted by Crippen LogP contribution is -2.48. The number of fused-ring (bicyclic) bond motifs is 2. The van der Waals surface area contributed by atoms with E-state index < -0.39 is 114 Å². The third-order valence-electron chi connectivity index (χ3n) is 10.7. The molecule has 1 saturated carbocycles. The number of hydrogen-bond donors (Lipinski definition) is 2. The van der Waals surface area contributed by atoms with E-state index in [2.05, 4.69) is 19.8 Å². The largest absolute Gasteiger partial charge is 0.335 e. The summed E-state index contributed by atoms with van der Waals surface area (Å²) in [7, 11) is -4.08. The van der Waals surface area contributed by atoms with Crippen LogP contribution < -0.4 is 16.0 Å². The number of piperidine rings is 1. The van der Waals surface area contributed by atoms with E-state index in [1.54, 1.807) is 0 Å². The van der Waals surface area contributed by atoms with Gasteiger partial charge in [-0.3, -0.25) is 18.9 Å². The minimum atomic E-state index is -4.08.